The quantitative estimate of drug-likeness (QED) is 0.728. The number of ether oxygens (including phenoxy) is 2. The standard InChI is InChI=1S/C18H29N3O5S/c1-13(16-11-15(25-2)5-6-17(16)26-3)20-18(22)19-12-14-7-9-21(10-8-14)27(4,23)24/h5-6,11,13-14H,7-10,12H2,1-4H3,(H2,19,20,22). The average Bonchev–Trinajstić information content (AvgIpc) is 2.65. The summed E-state index contributed by atoms with van der Waals surface area (Å²) < 4.78 is 35.2. The monoisotopic (exact) mass is 399 g/mol. The summed E-state index contributed by atoms with van der Waals surface area (Å²) in [6, 6.07) is 4.92. The number of carbonyl (C=O) groups excluding carboxylic acids is 1. The molecule has 8 nitrogen and oxygen atoms in total. The van der Waals surface area contributed by atoms with E-state index in [4.69, 9.17) is 9.47 Å². The van der Waals surface area contributed by atoms with Gasteiger partial charge >= 0.3 is 6.03 Å². The lowest BCUT2D eigenvalue weighted by Gasteiger charge is -2.30. The van der Waals surface area contributed by atoms with E-state index in [9.17, 15) is 13.2 Å². The number of benzene rings is 1. The van der Waals surface area contributed by atoms with E-state index in [0.29, 0.717) is 31.1 Å². The molecule has 1 aromatic rings. The zero-order valence-electron chi connectivity index (χ0n) is 16.3. The maximum Gasteiger partial charge on any atom is 0.315 e. The van der Waals surface area contributed by atoms with Crippen LogP contribution in [0.3, 0.4) is 0 Å². The topological polar surface area (TPSA) is 97.0 Å². The predicted molar refractivity (Wildman–Crippen MR) is 104 cm³/mol. The van der Waals surface area contributed by atoms with Crippen molar-refractivity contribution in [3.63, 3.8) is 0 Å². The first kappa shape index (κ1) is 21.3. The lowest BCUT2D eigenvalue weighted by molar-refractivity contribution is 0.228. The molecule has 0 radical (unpaired) electrons. The highest BCUT2D eigenvalue weighted by molar-refractivity contribution is 7.88. The number of amides is 2. The number of rotatable bonds is 7. The molecule has 1 heterocycles. The summed E-state index contributed by atoms with van der Waals surface area (Å²) in [5, 5.41) is 5.79. The largest absolute Gasteiger partial charge is 0.497 e. The second-order valence-corrected chi connectivity index (χ2v) is 8.77. The second-order valence-electron chi connectivity index (χ2n) is 6.79. The fraction of sp³-hybridized carbons (Fsp3) is 0.611. The summed E-state index contributed by atoms with van der Waals surface area (Å²) >= 11 is 0. The van der Waals surface area contributed by atoms with Gasteiger partial charge in [0.25, 0.3) is 0 Å². The van der Waals surface area contributed by atoms with E-state index >= 15 is 0 Å². The Labute approximate surface area is 161 Å². The van der Waals surface area contributed by atoms with Gasteiger partial charge in [-0.05, 0) is 43.9 Å². The van der Waals surface area contributed by atoms with Gasteiger partial charge in [-0.2, -0.15) is 0 Å². The highest BCUT2D eigenvalue weighted by Crippen LogP contribution is 2.29. The fourth-order valence-electron chi connectivity index (χ4n) is 3.19. The first-order valence-corrected chi connectivity index (χ1v) is 10.8. The smallest absolute Gasteiger partial charge is 0.315 e. The number of nitrogens with one attached hydrogen (secondary N) is 2. The van der Waals surface area contributed by atoms with Crippen LogP contribution in [0.2, 0.25) is 0 Å². The van der Waals surface area contributed by atoms with E-state index in [0.717, 1.165) is 18.4 Å². The average molecular weight is 400 g/mol. The minimum Gasteiger partial charge on any atom is -0.497 e. The molecule has 1 fully saturated rings. The van der Waals surface area contributed by atoms with Crippen molar-refractivity contribution in [3.05, 3.63) is 23.8 Å². The summed E-state index contributed by atoms with van der Waals surface area (Å²) in [4.78, 5) is 12.2. The van der Waals surface area contributed by atoms with Crippen LogP contribution in [-0.4, -0.2) is 58.9 Å². The molecular weight excluding hydrogens is 370 g/mol. The fourth-order valence-corrected chi connectivity index (χ4v) is 4.06. The Bertz CT molecular complexity index is 745. The Morgan fingerprint density at radius 3 is 2.48 bits per heavy atom. The Morgan fingerprint density at radius 2 is 1.93 bits per heavy atom. The number of methoxy groups -OCH3 is 2. The molecule has 2 N–H and O–H groups in total. The molecule has 1 saturated heterocycles. The normalized spacial score (nSPS) is 17.2. The van der Waals surface area contributed by atoms with Gasteiger partial charge in [0.1, 0.15) is 11.5 Å². The summed E-state index contributed by atoms with van der Waals surface area (Å²) in [6.07, 6.45) is 2.71. The molecule has 1 aliphatic rings. The third-order valence-corrected chi connectivity index (χ3v) is 6.15. The first-order valence-electron chi connectivity index (χ1n) is 8.96. The zero-order valence-corrected chi connectivity index (χ0v) is 17.1. The number of carbonyl (C=O) groups is 1. The third kappa shape index (κ3) is 6.00. The number of hydrogen-bond acceptors (Lipinski definition) is 5. The number of sulfonamides is 1. The molecule has 1 aliphatic heterocycles. The first-order chi connectivity index (χ1) is 12.7. The van der Waals surface area contributed by atoms with Crippen molar-refractivity contribution >= 4 is 16.1 Å². The molecule has 1 aromatic carbocycles. The molecule has 1 atom stereocenters. The molecule has 1 unspecified atom stereocenters. The molecule has 0 aromatic heterocycles. The molecule has 0 saturated carbocycles. The molecule has 0 bridgehead atoms. The number of nitrogens with zero attached hydrogens (tertiary/aromatic N) is 1. The van der Waals surface area contributed by atoms with Crippen molar-refractivity contribution in [3.8, 4) is 11.5 Å². The Morgan fingerprint density at radius 1 is 1.26 bits per heavy atom. The van der Waals surface area contributed by atoms with Crippen LogP contribution in [0.4, 0.5) is 4.79 Å². The van der Waals surface area contributed by atoms with Gasteiger partial charge in [0.05, 0.1) is 26.5 Å². The van der Waals surface area contributed by atoms with Gasteiger partial charge in [-0.25, -0.2) is 17.5 Å². The molecule has 2 amide bonds. The SMILES string of the molecule is COc1ccc(OC)c(C(C)NC(=O)NCC2CCN(S(C)(=O)=O)CC2)c1. The van der Waals surface area contributed by atoms with Gasteiger partial charge in [-0.1, -0.05) is 0 Å². The van der Waals surface area contributed by atoms with Gasteiger partial charge in [0.15, 0.2) is 0 Å². The van der Waals surface area contributed by atoms with Crippen LogP contribution in [0.15, 0.2) is 18.2 Å². The van der Waals surface area contributed by atoms with Crippen molar-refractivity contribution in [2.75, 3.05) is 40.1 Å². The molecule has 0 spiro atoms. The minimum atomic E-state index is -3.13. The zero-order chi connectivity index (χ0) is 20.0. The molecule has 152 valence electrons. The Hall–Kier alpha value is -2.00. The van der Waals surface area contributed by atoms with E-state index in [1.165, 1.54) is 10.6 Å². The molecule has 0 aliphatic carbocycles. The van der Waals surface area contributed by atoms with Gasteiger partial charge in [0, 0.05) is 25.2 Å². The maximum absolute atomic E-state index is 12.2. The molecule has 9 heteroatoms. The van der Waals surface area contributed by atoms with Gasteiger partial charge in [0.2, 0.25) is 10.0 Å². The van der Waals surface area contributed by atoms with Crippen LogP contribution >= 0.6 is 0 Å². The van der Waals surface area contributed by atoms with Crippen LogP contribution in [0, 0.1) is 5.92 Å². The van der Waals surface area contributed by atoms with Gasteiger partial charge in [-0.15, -0.1) is 0 Å². The van der Waals surface area contributed by atoms with E-state index in [1.807, 2.05) is 13.0 Å². The van der Waals surface area contributed by atoms with Crippen molar-refractivity contribution < 1.29 is 22.7 Å². The summed E-state index contributed by atoms with van der Waals surface area (Å²) in [6.45, 7) is 3.40. The van der Waals surface area contributed by atoms with Crippen LogP contribution in [0.5, 0.6) is 11.5 Å². The van der Waals surface area contributed by atoms with Crippen molar-refractivity contribution in [2.24, 2.45) is 5.92 Å². The lowest BCUT2D eigenvalue weighted by Crippen LogP contribution is -2.43. The van der Waals surface area contributed by atoms with Crippen LogP contribution in [0.1, 0.15) is 31.4 Å². The van der Waals surface area contributed by atoms with Gasteiger partial charge < -0.3 is 20.1 Å². The maximum atomic E-state index is 12.2. The highest BCUT2D eigenvalue weighted by atomic mass is 32.2. The van der Waals surface area contributed by atoms with E-state index in [1.54, 1.807) is 26.4 Å². The summed E-state index contributed by atoms with van der Waals surface area (Å²) in [5.74, 6) is 1.64. The second kappa shape index (κ2) is 9.27. The Balaban J connectivity index is 1.84. The number of hydrogen-bond donors (Lipinski definition) is 2. The predicted octanol–water partition coefficient (Wildman–Crippen LogP) is 1.74. The van der Waals surface area contributed by atoms with E-state index in [-0.39, 0.29) is 18.0 Å². The minimum absolute atomic E-state index is 0.262. The molecule has 2 rings (SSSR count). The van der Waals surface area contributed by atoms with Gasteiger partial charge in [-0.3, -0.25) is 0 Å². The molecule has 27 heavy (non-hydrogen) atoms. The lowest BCUT2D eigenvalue weighted by atomic mass is 9.98. The Kier molecular flexibility index (Phi) is 7.32. The van der Waals surface area contributed by atoms with Crippen molar-refractivity contribution in [2.45, 2.75) is 25.8 Å². The summed E-state index contributed by atoms with van der Waals surface area (Å²) in [7, 11) is 0.0451. The highest BCUT2D eigenvalue weighted by Gasteiger charge is 2.25. The van der Waals surface area contributed by atoms with E-state index in [2.05, 4.69) is 10.6 Å². The summed E-state index contributed by atoms with van der Waals surface area (Å²) in [5.41, 5.74) is 0.827. The van der Waals surface area contributed by atoms with Crippen LogP contribution in [-0.2, 0) is 10.0 Å². The number of piperidine rings is 1. The van der Waals surface area contributed by atoms with E-state index < -0.39 is 10.0 Å². The van der Waals surface area contributed by atoms with Crippen LogP contribution < -0.4 is 20.1 Å². The van der Waals surface area contributed by atoms with Crippen LogP contribution in [0.25, 0.3) is 0 Å². The van der Waals surface area contributed by atoms with Crippen molar-refractivity contribution in [1.29, 1.82) is 0 Å². The third-order valence-electron chi connectivity index (χ3n) is 4.84. The molecular formula is C18H29N3O5S. The number of urea groups is 1. The van der Waals surface area contributed by atoms with Crippen molar-refractivity contribution in [1.82, 2.24) is 14.9 Å².